The summed E-state index contributed by atoms with van der Waals surface area (Å²) >= 11 is 0. The standard InChI is InChI=1S/C14H19N5O/c1-3-20-10-13-17-12(15)8-14(18-13)19(2)9-11-4-6-16-7-5-11/h4-8H,3,9-10H2,1-2H3,(H2,15,17,18). The third-order valence-corrected chi connectivity index (χ3v) is 2.77. The van der Waals surface area contributed by atoms with Gasteiger partial charge in [-0.3, -0.25) is 4.98 Å². The van der Waals surface area contributed by atoms with Gasteiger partial charge in [0.25, 0.3) is 0 Å². The molecule has 0 atom stereocenters. The van der Waals surface area contributed by atoms with Gasteiger partial charge in [-0.15, -0.1) is 0 Å². The molecule has 20 heavy (non-hydrogen) atoms. The van der Waals surface area contributed by atoms with Crippen molar-refractivity contribution in [3.63, 3.8) is 0 Å². The van der Waals surface area contributed by atoms with Crippen LogP contribution in [0, 0.1) is 0 Å². The fourth-order valence-electron chi connectivity index (χ4n) is 1.80. The Labute approximate surface area is 118 Å². The van der Waals surface area contributed by atoms with Gasteiger partial charge in [0, 0.05) is 38.7 Å². The van der Waals surface area contributed by atoms with E-state index >= 15 is 0 Å². The first-order valence-corrected chi connectivity index (χ1v) is 6.50. The summed E-state index contributed by atoms with van der Waals surface area (Å²) in [7, 11) is 1.96. The highest BCUT2D eigenvalue weighted by Gasteiger charge is 2.08. The maximum absolute atomic E-state index is 5.82. The van der Waals surface area contributed by atoms with E-state index < -0.39 is 0 Å². The van der Waals surface area contributed by atoms with E-state index in [1.165, 1.54) is 0 Å². The molecule has 2 aromatic rings. The van der Waals surface area contributed by atoms with Gasteiger partial charge in [0.2, 0.25) is 0 Å². The van der Waals surface area contributed by atoms with Crippen LogP contribution in [0.25, 0.3) is 0 Å². The van der Waals surface area contributed by atoms with Gasteiger partial charge < -0.3 is 15.4 Å². The molecular formula is C14H19N5O. The minimum atomic E-state index is 0.373. The second kappa shape index (κ2) is 6.81. The number of nitrogen functional groups attached to an aromatic ring is 1. The average Bonchev–Trinajstić information content (AvgIpc) is 2.45. The van der Waals surface area contributed by atoms with Gasteiger partial charge in [-0.2, -0.15) is 0 Å². The maximum atomic E-state index is 5.82. The molecule has 2 aromatic heterocycles. The summed E-state index contributed by atoms with van der Waals surface area (Å²) in [6, 6.07) is 5.71. The smallest absolute Gasteiger partial charge is 0.158 e. The fourth-order valence-corrected chi connectivity index (χ4v) is 1.80. The number of hydrogen-bond acceptors (Lipinski definition) is 6. The summed E-state index contributed by atoms with van der Waals surface area (Å²) in [6.45, 7) is 3.66. The fraction of sp³-hybridized carbons (Fsp3) is 0.357. The van der Waals surface area contributed by atoms with Crippen molar-refractivity contribution in [3.8, 4) is 0 Å². The van der Waals surface area contributed by atoms with Gasteiger partial charge >= 0.3 is 0 Å². The van der Waals surface area contributed by atoms with Crippen molar-refractivity contribution in [2.45, 2.75) is 20.1 Å². The molecule has 0 fully saturated rings. The first-order valence-electron chi connectivity index (χ1n) is 6.50. The number of nitrogens with zero attached hydrogens (tertiary/aromatic N) is 4. The Morgan fingerprint density at radius 2 is 2.00 bits per heavy atom. The van der Waals surface area contributed by atoms with E-state index in [0.29, 0.717) is 24.9 Å². The first kappa shape index (κ1) is 14.2. The number of nitrogens with two attached hydrogens (primary N) is 1. The Kier molecular flexibility index (Phi) is 4.84. The minimum Gasteiger partial charge on any atom is -0.384 e. The highest BCUT2D eigenvalue weighted by Crippen LogP contribution is 2.15. The van der Waals surface area contributed by atoms with Crippen LogP contribution in [0.4, 0.5) is 11.6 Å². The molecule has 0 bridgehead atoms. The number of anilines is 2. The van der Waals surface area contributed by atoms with Crippen molar-refractivity contribution in [3.05, 3.63) is 42.0 Å². The Hall–Kier alpha value is -2.21. The van der Waals surface area contributed by atoms with E-state index in [4.69, 9.17) is 10.5 Å². The molecule has 0 saturated heterocycles. The molecule has 6 nitrogen and oxygen atoms in total. The molecule has 0 amide bonds. The van der Waals surface area contributed by atoms with Crippen LogP contribution in [-0.2, 0) is 17.9 Å². The lowest BCUT2D eigenvalue weighted by atomic mass is 10.2. The molecule has 0 aliphatic rings. The molecule has 0 unspecified atom stereocenters. The lowest BCUT2D eigenvalue weighted by molar-refractivity contribution is 0.128. The predicted molar refractivity (Wildman–Crippen MR) is 78.1 cm³/mol. The number of aromatic nitrogens is 3. The Morgan fingerprint density at radius 1 is 1.25 bits per heavy atom. The lowest BCUT2D eigenvalue weighted by Crippen LogP contribution is -2.19. The van der Waals surface area contributed by atoms with Crippen molar-refractivity contribution >= 4 is 11.6 Å². The highest BCUT2D eigenvalue weighted by atomic mass is 16.5. The van der Waals surface area contributed by atoms with E-state index in [1.807, 2.05) is 31.0 Å². The molecule has 6 heteroatoms. The third-order valence-electron chi connectivity index (χ3n) is 2.77. The molecule has 0 aromatic carbocycles. The van der Waals surface area contributed by atoms with E-state index in [2.05, 4.69) is 15.0 Å². The molecule has 106 valence electrons. The summed E-state index contributed by atoms with van der Waals surface area (Å²) in [5, 5.41) is 0. The van der Waals surface area contributed by atoms with Crippen molar-refractivity contribution in [2.75, 3.05) is 24.3 Å². The quantitative estimate of drug-likeness (QED) is 0.862. The van der Waals surface area contributed by atoms with Crippen LogP contribution >= 0.6 is 0 Å². The molecule has 2 heterocycles. The van der Waals surface area contributed by atoms with Gasteiger partial charge in [0.05, 0.1) is 0 Å². The molecule has 0 saturated carbocycles. The maximum Gasteiger partial charge on any atom is 0.158 e. The second-order valence-corrected chi connectivity index (χ2v) is 4.42. The van der Waals surface area contributed by atoms with E-state index in [9.17, 15) is 0 Å². The summed E-state index contributed by atoms with van der Waals surface area (Å²) in [5.74, 6) is 1.83. The van der Waals surface area contributed by atoms with Crippen LogP contribution in [0.5, 0.6) is 0 Å². The van der Waals surface area contributed by atoms with Gasteiger partial charge in [-0.1, -0.05) is 0 Å². The van der Waals surface area contributed by atoms with Gasteiger partial charge in [0.15, 0.2) is 5.82 Å². The Morgan fingerprint density at radius 3 is 2.70 bits per heavy atom. The van der Waals surface area contributed by atoms with Crippen molar-refractivity contribution < 1.29 is 4.74 Å². The van der Waals surface area contributed by atoms with Crippen LogP contribution in [0.15, 0.2) is 30.6 Å². The van der Waals surface area contributed by atoms with Gasteiger partial charge in [-0.05, 0) is 24.6 Å². The average molecular weight is 273 g/mol. The molecule has 0 aliphatic heterocycles. The first-order chi connectivity index (χ1) is 9.69. The third kappa shape index (κ3) is 3.89. The van der Waals surface area contributed by atoms with Crippen LogP contribution in [0.2, 0.25) is 0 Å². The minimum absolute atomic E-state index is 0.373. The number of ether oxygens (including phenoxy) is 1. The number of rotatable bonds is 6. The topological polar surface area (TPSA) is 77.2 Å². The zero-order valence-corrected chi connectivity index (χ0v) is 11.8. The molecule has 0 spiro atoms. The molecular weight excluding hydrogens is 254 g/mol. The van der Waals surface area contributed by atoms with Crippen LogP contribution < -0.4 is 10.6 Å². The normalized spacial score (nSPS) is 10.5. The largest absolute Gasteiger partial charge is 0.384 e. The molecule has 2 N–H and O–H groups in total. The summed E-state index contributed by atoms with van der Waals surface area (Å²) in [5.41, 5.74) is 6.98. The zero-order valence-electron chi connectivity index (χ0n) is 11.8. The van der Waals surface area contributed by atoms with Crippen LogP contribution in [-0.4, -0.2) is 28.6 Å². The van der Waals surface area contributed by atoms with Gasteiger partial charge in [-0.25, -0.2) is 9.97 Å². The van der Waals surface area contributed by atoms with Crippen LogP contribution in [0.3, 0.4) is 0 Å². The van der Waals surface area contributed by atoms with Crippen molar-refractivity contribution in [1.82, 2.24) is 15.0 Å². The Bertz CT molecular complexity index is 547. The SMILES string of the molecule is CCOCc1nc(N)cc(N(C)Cc2ccncc2)n1. The number of pyridine rings is 1. The molecule has 0 radical (unpaired) electrons. The number of hydrogen-bond donors (Lipinski definition) is 1. The molecule has 0 aliphatic carbocycles. The summed E-state index contributed by atoms with van der Waals surface area (Å²) in [6.07, 6.45) is 3.55. The van der Waals surface area contributed by atoms with E-state index in [-0.39, 0.29) is 0 Å². The van der Waals surface area contributed by atoms with Crippen LogP contribution in [0.1, 0.15) is 18.3 Å². The molecule has 2 rings (SSSR count). The van der Waals surface area contributed by atoms with E-state index in [0.717, 1.165) is 17.9 Å². The van der Waals surface area contributed by atoms with E-state index in [1.54, 1.807) is 18.5 Å². The zero-order chi connectivity index (χ0) is 14.4. The summed E-state index contributed by atoms with van der Waals surface area (Å²) < 4.78 is 5.32. The van der Waals surface area contributed by atoms with Crippen molar-refractivity contribution in [2.24, 2.45) is 0 Å². The van der Waals surface area contributed by atoms with Gasteiger partial charge in [0.1, 0.15) is 18.2 Å². The van der Waals surface area contributed by atoms with Crippen molar-refractivity contribution in [1.29, 1.82) is 0 Å². The highest BCUT2D eigenvalue weighted by molar-refractivity contribution is 5.46. The summed E-state index contributed by atoms with van der Waals surface area (Å²) in [4.78, 5) is 14.7. The predicted octanol–water partition coefficient (Wildman–Crippen LogP) is 1.63. The Balaban J connectivity index is 2.12. The monoisotopic (exact) mass is 273 g/mol. The second-order valence-electron chi connectivity index (χ2n) is 4.42. The lowest BCUT2D eigenvalue weighted by Gasteiger charge is -2.19.